The largest absolute Gasteiger partial charge is 0.325 e. The van der Waals surface area contributed by atoms with Crippen LogP contribution in [0.5, 0.6) is 0 Å². The highest BCUT2D eigenvalue weighted by Crippen LogP contribution is 2.76. The molecular weight excluding hydrogens is 134 g/mol. The maximum Gasteiger partial charge on any atom is 0.0194 e. The molecule has 0 aromatic rings. The maximum absolute atomic E-state index is 6.36. The average Bonchev–Trinajstić information content (AvgIpc) is 2.24. The summed E-state index contributed by atoms with van der Waals surface area (Å²) in [7, 11) is 0. The molecule has 62 valence electrons. The lowest BCUT2D eigenvalue weighted by molar-refractivity contribution is 0.157. The van der Waals surface area contributed by atoms with Gasteiger partial charge in [0, 0.05) is 5.54 Å². The molecule has 2 atom stereocenters. The summed E-state index contributed by atoms with van der Waals surface area (Å²) in [5, 5.41) is 0. The molecule has 4 aliphatic carbocycles. The first-order chi connectivity index (χ1) is 4.98. The molecule has 0 aromatic heterocycles. The van der Waals surface area contributed by atoms with Crippen molar-refractivity contribution in [1.29, 1.82) is 0 Å². The van der Waals surface area contributed by atoms with Crippen LogP contribution in [0.25, 0.3) is 0 Å². The standard InChI is InChI=1S/C10H17N/c1-8-3-7-4-9(8,2)6-10(7,11)5-8/h7H,3-6,11H2,1-2H3. The van der Waals surface area contributed by atoms with Crippen molar-refractivity contribution in [3.8, 4) is 0 Å². The normalized spacial score (nSPS) is 71.7. The van der Waals surface area contributed by atoms with Crippen molar-refractivity contribution in [2.24, 2.45) is 22.5 Å². The molecule has 0 saturated heterocycles. The Bertz CT molecular complexity index is 215. The molecule has 0 spiro atoms. The van der Waals surface area contributed by atoms with E-state index in [2.05, 4.69) is 13.8 Å². The third-order valence-corrected chi connectivity index (χ3v) is 5.10. The quantitative estimate of drug-likeness (QED) is 0.562. The fourth-order valence-corrected chi connectivity index (χ4v) is 4.43. The van der Waals surface area contributed by atoms with Crippen molar-refractivity contribution in [2.75, 3.05) is 0 Å². The Morgan fingerprint density at radius 1 is 1.09 bits per heavy atom. The van der Waals surface area contributed by atoms with Crippen molar-refractivity contribution in [3.63, 3.8) is 0 Å². The number of rotatable bonds is 0. The van der Waals surface area contributed by atoms with E-state index in [4.69, 9.17) is 5.73 Å². The summed E-state index contributed by atoms with van der Waals surface area (Å²) < 4.78 is 0. The van der Waals surface area contributed by atoms with Crippen LogP contribution in [0.4, 0.5) is 0 Å². The van der Waals surface area contributed by atoms with Crippen LogP contribution in [0.3, 0.4) is 0 Å². The third kappa shape index (κ3) is 0.462. The molecule has 0 heterocycles. The topological polar surface area (TPSA) is 26.0 Å². The molecule has 4 fully saturated rings. The average molecular weight is 151 g/mol. The van der Waals surface area contributed by atoms with Crippen LogP contribution in [0.1, 0.15) is 39.5 Å². The van der Waals surface area contributed by atoms with Gasteiger partial charge in [0.25, 0.3) is 0 Å². The predicted molar refractivity (Wildman–Crippen MR) is 45.1 cm³/mol. The van der Waals surface area contributed by atoms with Gasteiger partial charge in [-0.05, 0) is 42.4 Å². The van der Waals surface area contributed by atoms with E-state index >= 15 is 0 Å². The highest BCUT2D eigenvalue weighted by atomic mass is 14.9. The van der Waals surface area contributed by atoms with Gasteiger partial charge in [-0.1, -0.05) is 13.8 Å². The monoisotopic (exact) mass is 151 g/mol. The first-order valence-corrected chi connectivity index (χ1v) is 4.77. The van der Waals surface area contributed by atoms with E-state index in [0.717, 1.165) is 5.92 Å². The van der Waals surface area contributed by atoms with E-state index in [1.165, 1.54) is 25.7 Å². The van der Waals surface area contributed by atoms with Gasteiger partial charge in [-0.25, -0.2) is 0 Å². The molecule has 11 heavy (non-hydrogen) atoms. The third-order valence-electron chi connectivity index (χ3n) is 5.10. The van der Waals surface area contributed by atoms with Gasteiger partial charge in [-0.3, -0.25) is 0 Å². The summed E-state index contributed by atoms with van der Waals surface area (Å²) in [5.74, 6) is 0.873. The highest BCUT2D eigenvalue weighted by Gasteiger charge is 2.72. The summed E-state index contributed by atoms with van der Waals surface area (Å²) in [6.45, 7) is 4.91. The minimum atomic E-state index is 0.267. The van der Waals surface area contributed by atoms with Gasteiger partial charge in [-0.15, -0.1) is 0 Å². The second-order valence-corrected chi connectivity index (χ2v) is 5.81. The minimum absolute atomic E-state index is 0.267. The zero-order valence-corrected chi connectivity index (χ0v) is 7.48. The predicted octanol–water partition coefficient (Wildman–Crippen LogP) is 1.91. The Labute approximate surface area is 68.3 Å². The van der Waals surface area contributed by atoms with Crippen molar-refractivity contribution in [2.45, 2.75) is 45.1 Å². The molecule has 2 unspecified atom stereocenters. The van der Waals surface area contributed by atoms with Gasteiger partial charge in [0.05, 0.1) is 0 Å². The number of nitrogens with two attached hydrogens (primary N) is 1. The molecule has 1 nitrogen and oxygen atoms in total. The summed E-state index contributed by atoms with van der Waals surface area (Å²) in [6, 6.07) is 0. The van der Waals surface area contributed by atoms with Gasteiger partial charge in [0.2, 0.25) is 0 Å². The fraction of sp³-hybridized carbons (Fsp3) is 1.00. The molecule has 0 aromatic carbocycles. The Morgan fingerprint density at radius 3 is 1.64 bits per heavy atom. The van der Waals surface area contributed by atoms with Gasteiger partial charge in [0.15, 0.2) is 0 Å². The summed E-state index contributed by atoms with van der Waals surface area (Å²) in [5.41, 5.74) is 7.86. The van der Waals surface area contributed by atoms with Crippen LogP contribution < -0.4 is 5.73 Å². The molecule has 4 rings (SSSR count). The minimum Gasteiger partial charge on any atom is -0.325 e. The Kier molecular flexibility index (Phi) is 0.755. The first-order valence-electron chi connectivity index (χ1n) is 4.77. The molecule has 1 heteroatoms. The molecule has 4 bridgehead atoms. The van der Waals surface area contributed by atoms with Gasteiger partial charge in [0.1, 0.15) is 0 Å². The second-order valence-electron chi connectivity index (χ2n) is 5.81. The Morgan fingerprint density at radius 2 is 1.55 bits per heavy atom. The molecule has 0 amide bonds. The van der Waals surface area contributed by atoms with E-state index in [0.29, 0.717) is 10.8 Å². The smallest absolute Gasteiger partial charge is 0.0194 e. The maximum atomic E-state index is 6.36. The zero-order chi connectivity index (χ0) is 7.91. The fourth-order valence-electron chi connectivity index (χ4n) is 4.43. The molecular formula is C10H17N. The van der Waals surface area contributed by atoms with Gasteiger partial charge < -0.3 is 5.73 Å². The van der Waals surface area contributed by atoms with Crippen molar-refractivity contribution in [3.05, 3.63) is 0 Å². The molecule has 4 saturated carbocycles. The lowest BCUT2D eigenvalue weighted by Crippen LogP contribution is -2.38. The van der Waals surface area contributed by atoms with Crippen LogP contribution in [0.2, 0.25) is 0 Å². The van der Waals surface area contributed by atoms with Crippen LogP contribution in [-0.2, 0) is 0 Å². The van der Waals surface area contributed by atoms with Crippen molar-refractivity contribution < 1.29 is 0 Å². The van der Waals surface area contributed by atoms with Crippen LogP contribution in [0, 0.1) is 16.7 Å². The first kappa shape index (κ1) is 6.47. The van der Waals surface area contributed by atoms with Crippen molar-refractivity contribution >= 4 is 0 Å². The van der Waals surface area contributed by atoms with Crippen LogP contribution in [-0.4, -0.2) is 5.54 Å². The second kappa shape index (κ2) is 1.28. The molecule has 0 aliphatic heterocycles. The van der Waals surface area contributed by atoms with Crippen molar-refractivity contribution in [1.82, 2.24) is 0 Å². The lowest BCUT2D eigenvalue weighted by Gasteiger charge is -2.33. The van der Waals surface area contributed by atoms with Crippen LogP contribution in [0.15, 0.2) is 0 Å². The Hall–Kier alpha value is -0.0400. The van der Waals surface area contributed by atoms with E-state index in [-0.39, 0.29) is 5.54 Å². The number of hydrogen-bond acceptors (Lipinski definition) is 1. The lowest BCUT2D eigenvalue weighted by atomic mass is 9.71. The van der Waals surface area contributed by atoms with E-state index in [1.54, 1.807) is 0 Å². The SMILES string of the molecule is CC12CC3CC1(C)CC3(N)C2. The Balaban J connectivity index is 2.19. The van der Waals surface area contributed by atoms with Gasteiger partial charge in [-0.2, -0.15) is 0 Å². The number of hydrogen-bond donors (Lipinski definition) is 1. The molecule has 4 aliphatic rings. The van der Waals surface area contributed by atoms with E-state index in [9.17, 15) is 0 Å². The highest BCUT2D eigenvalue weighted by molar-refractivity contribution is 5.25. The van der Waals surface area contributed by atoms with Crippen LogP contribution >= 0.6 is 0 Å². The summed E-state index contributed by atoms with van der Waals surface area (Å²) >= 11 is 0. The molecule has 0 radical (unpaired) electrons. The molecule has 2 N–H and O–H groups in total. The van der Waals surface area contributed by atoms with E-state index < -0.39 is 0 Å². The zero-order valence-electron chi connectivity index (χ0n) is 7.48. The summed E-state index contributed by atoms with van der Waals surface area (Å²) in [4.78, 5) is 0. The van der Waals surface area contributed by atoms with E-state index in [1.807, 2.05) is 0 Å². The van der Waals surface area contributed by atoms with Gasteiger partial charge >= 0.3 is 0 Å². The summed E-state index contributed by atoms with van der Waals surface area (Å²) in [6.07, 6.45) is 5.45.